The third-order valence-electron chi connectivity index (χ3n) is 4.03. The highest BCUT2D eigenvalue weighted by Gasteiger charge is 2.31. The molecule has 0 aliphatic heterocycles. The summed E-state index contributed by atoms with van der Waals surface area (Å²) in [6.45, 7) is 0.0134. The van der Waals surface area contributed by atoms with Gasteiger partial charge in [0.2, 0.25) is 5.91 Å². The first kappa shape index (κ1) is 15.5. The van der Waals surface area contributed by atoms with Gasteiger partial charge in [-0.2, -0.15) is 0 Å². The lowest BCUT2D eigenvalue weighted by molar-refractivity contribution is -0.148. The topological polar surface area (TPSA) is 75.6 Å². The molecule has 5 heteroatoms. The Morgan fingerprint density at radius 2 is 2.00 bits per heavy atom. The van der Waals surface area contributed by atoms with Gasteiger partial charge >= 0.3 is 5.97 Å². The molecule has 1 amide bonds. The number of amides is 1. The third kappa shape index (κ3) is 4.29. The molecule has 0 spiro atoms. The zero-order valence-electron chi connectivity index (χ0n) is 12.1. The summed E-state index contributed by atoms with van der Waals surface area (Å²) in [6.07, 6.45) is 1.51. The molecular weight excluding hydrogens is 270 g/mol. The van der Waals surface area contributed by atoms with E-state index in [1.807, 2.05) is 18.2 Å². The summed E-state index contributed by atoms with van der Waals surface area (Å²) in [7, 11) is 1.32. The first-order chi connectivity index (χ1) is 10.1. The molecule has 0 aromatic heterocycles. The maximum absolute atomic E-state index is 11.8. The van der Waals surface area contributed by atoms with Crippen LogP contribution in [0.15, 0.2) is 30.3 Å². The Balaban J connectivity index is 1.68. The van der Waals surface area contributed by atoms with Gasteiger partial charge < -0.3 is 15.2 Å². The Kier molecular flexibility index (Phi) is 5.33. The highest BCUT2D eigenvalue weighted by molar-refractivity contribution is 5.78. The van der Waals surface area contributed by atoms with Crippen molar-refractivity contribution in [3.8, 4) is 0 Å². The Hall–Kier alpha value is -1.88. The molecule has 114 valence electrons. The molecule has 0 heterocycles. The van der Waals surface area contributed by atoms with Gasteiger partial charge in [-0.15, -0.1) is 0 Å². The summed E-state index contributed by atoms with van der Waals surface area (Å²) in [5.41, 5.74) is 1.33. The van der Waals surface area contributed by atoms with E-state index in [4.69, 9.17) is 9.84 Å². The molecule has 2 N–H and O–H groups in total. The van der Waals surface area contributed by atoms with Gasteiger partial charge in [0, 0.05) is 13.5 Å². The fraction of sp³-hybridized carbons (Fsp3) is 0.500. The second-order valence-electron chi connectivity index (χ2n) is 5.52. The number of methoxy groups -OCH3 is 1. The number of aliphatic carboxylic acids is 1. The van der Waals surface area contributed by atoms with Crippen LogP contribution in [0.5, 0.6) is 0 Å². The van der Waals surface area contributed by atoms with Gasteiger partial charge in [0.05, 0.1) is 6.54 Å². The van der Waals surface area contributed by atoms with Gasteiger partial charge in [0.1, 0.15) is 0 Å². The molecule has 21 heavy (non-hydrogen) atoms. The lowest BCUT2D eigenvalue weighted by Gasteiger charge is -2.35. The van der Waals surface area contributed by atoms with Crippen molar-refractivity contribution in [2.75, 3.05) is 13.7 Å². The molecule has 1 saturated carbocycles. The van der Waals surface area contributed by atoms with Crippen molar-refractivity contribution in [2.24, 2.45) is 5.92 Å². The number of ether oxygens (including phenoxy) is 1. The second kappa shape index (κ2) is 7.22. The van der Waals surface area contributed by atoms with E-state index in [2.05, 4.69) is 17.4 Å². The Morgan fingerprint density at radius 3 is 2.57 bits per heavy atom. The normalized spacial score (nSPS) is 22.1. The Bertz CT molecular complexity index is 482. The van der Waals surface area contributed by atoms with Gasteiger partial charge in [-0.05, 0) is 30.2 Å². The molecule has 1 aromatic carbocycles. The van der Waals surface area contributed by atoms with Crippen LogP contribution in [-0.2, 0) is 14.3 Å². The highest BCUT2D eigenvalue weighted by atomic mass is 16.5. The molecular formula is C16H21NO4. The largest absolute Gasteiger partial charge is 0.479 e. The average Bonchev–Trinajstić information content (AvgIpc) is 2.43. The van der Waals surface area contributed by atoms with Crippen LogP contribution in [0.1, 0.15) is 30.7 Å². The molecule has 0 bridgehead atoms. The van der Waals surface area contributed by atoms with Crippen LogP contribution < -0.4 is 5.32 Å². The van der Waals surface area contributed by atoms with Crippen molar-refractivity contribution in [3.05, 3.63) is 35.9 Å². The fourth-order valence-electron chi connectivity index (χ4n) is 2.71. The number of hydrogen-bond acceptors (Lipinski definition) is 3. The van der Waals surface area contributed by atoms with E-state index in [1.54, 1.807) is 0 Å². The Morgan fingerprint density at radius 1 is 1.33 bits per heavy atom. The number of carbonyl (C=O) groups excluding carboxylic acids is 1. The van der Waals surface area contributed by atoms with Crippen LogP contribution in [0, 0.1) is 5.92 Å². The van der Waals surface area contributed by atoms with Crippen molar-refractivity contribution in [1.82, 2.24) is 5.32 Å². The fourth-order valence-corrected chi connectivity index (χ4v) is 2.71. The van der Waals surface area contributed by atoms with E-state index in [-0.39, 0.29) is 12.5 Å². The molecule has 1 atom stereocenters. The lowest BCUT2D eigenvalue weighted by Crippen LogP contribution is -2.39. The third-order valence-corrected chi connectivity index (χ3v) is 4.03. The van der Waals surface area contributed by atoms with Crippen LogP contribution in [-0.4, -0.2) is 36.7 Å². The molecule has 1 aliphatic carbocycles. The summed E-state index contributed by atoms with van der Waals surface area (Å²) < 4.78 is 4.77. The standard InChI is InChI=1S/C16H21NO4/c1-21-14(16(19)20)10-17-15(18)9-11-7-13(8-11)12-5-3-2-4-6-12/h2-6,11,13-14H,7-10H2,1H3,(H,17,18)(H,19,20). The predicted molar refractivity (Wildman–Crippen MR) is 78.0 cm³/mol. The minimum Gasteiger partial charge on any atom is -0.479 e. The number of hydrogen-bond donors (Lipinski definition) is 2. The van der Waals surface area contributed by atoms with Gasteiger partial charge in [0.25, 0.3) is 0 Å². The van der Waals surface area contributed by atoms with E-state index < -0.39 is 12.1 Å². The second-order valence-corrected chi connectivity index (χ2v) is 5.52. The van der Waals surface area contributed by atoms with E-state index >= 15 is 0 Å². The number of carbonyl (C=O) groups is 2. The summed E-state index contributed by atoms with van der Waals surface area (Å²) >= 11 is 0. The Labute approximate surface area is 124 Å². The summed E-state index contributed by atoms with van der Waals surface area (Å²) in [4.78, 5) is 22.5. The average molecular weight is 291 g/mol. The first-order valence-corrected chi connectivity index (χ1v) is 7.17. The van der Waals surface area contributed by atoms with Crippen molar-refractivity contribution in [2.45, 2.75) is 31.3 Å². The lowest BCUT2D eigenvalue weighted by atomic mass is 9.70. The van der Waals surface area contributed by atoms with Crippen LogP contribution in [0.2, 0.25) is 0 Å². The maximum atomic E-state index is 11.8. The number of carboxylic acids is 1. The van der Waals surface area contributed by atoms with Crippen LogP contribution >= 0.6 is 0 Å². The van der Waals surface area contributed by atoms with Gasteiger partial charge in [-0.25, -0.2) is 4.79 Å². The predicted octanol–water partition coefficient (Wildman–Crippen LogP) is 1.79. The van der Waals surface area contributed by atoms with E-state index in [9.17, 15) is 9.59 Å². The van der Waals surface area contributed by atoms with Gasteiger partial charge in [-0.1, -0.05) is 30.3 Å². The SMILES string of the molecule is COC(CNC(=O)CC1CC(c2ccccc2)C1)C(=O)O. The zero-order chi connectivity index (χ0) is 15.2. The number of rotatable bonds is 7. The molecule has 1 aromatic rings. The molecule has 0 saturated heterocycles. The summed E-state index contributed by atoms with van der Waals surface area (Å²) in [5.74, 6) is -0.226. The number of nitrogens with one attached hydrogen (secondary N) is 1. The van der Waals surface area contributed by atoms with Crippen molar-refractivity contribution < 1.29 is 19.4 Å². The number of benzene rings is 1. The van der Waals surface area contributed by atoms with Gasteiger partial charge in [-0.3, -0.25) is 4.79 Å². The van der Waals surface area contributed by atoms with Crippen molar-refractivity contribution in [3.63, 3.8) is 0 Å². The quantitative estimate of drug-likeness (QED) is 0.803. The number of carboxylic acid groups (broad SMARTS) is 1. The minimum atomic E-state index is -1.06. The van der Waals surface area contributed by atoms with Crippen LogP contribution in [0.3, 0.4) is 0 Å². The monoisotopic (exact) mass is 291 g/mol. The first-order valence-electron chi connectivity index (χ1n) is 7.17. The smallest absolute Gasteiger partial charge is 0.334 e. The van der Waals surface area contributed by atoms with Crippen molar-refractivity contribution >= 4 is 11.9 Å². The van der Waals surface area contributed by atoms with Crippen molar-refractivity contribution in [1.29, 1.82) is 0 Å². The van der Waals surface area contributed by atoms with Gasteiger partial charge in [0.15, 0.2) is 6.10 Å². The molecule has 0 radical (unpaired) electrons. The maximum Gasteiger partial charge on any atom is 0.334 e. The van der Waals surface area contributed by atoms with E-state index in [0.717, 1.165) is 12.8 Å². The minimum absolute atomic E-state index is 0.0134. The summed E-state index contributed by atoms with van der Waals surface area (Å²) in [5, 5.41) is 11.4. The highest BCUT2D eigenvalue weighted by Crippen LogP contribution is 2.43. The molecule has 2 rings (SSSR count). The molecule has 1 fully saturated rings. The zero-order valence-corrected chi connectivity index (χ0v) is 12.1. The van der Waals surface area contributed by atoms with E-state index in [0.29, 0.717) is 18.3 Å². The molecule has 1 aliphatic rings. The van der Waals surface area contributed by atoms with Crippen LogP contribution in [0.25, 0.3) is 0 Å². The van der Waals surface area contributed by atoms with Crippen LogP contribution in [0.4, 0.5) is 0 Å². The molecule has 1 unspecified atom stereocenters. The molecule has 5 nitrogen and oxygen atoms in total. The van der Waals surface area contributed by atoms with E-state index in [1.165, 1.54) is 12.7 Å². The summed E-state index contributed by atoms with van der Waals surface area (Å²) in [6, 6.07) is 10.3.